The van der Waals surface area contributed by atoms with Crippen molar-refractivity contribution in [1.82, 2.24) is 19.1 Å². The third-order valence-corrected chi connectivity index (χ3v) is 8.15. The van der Waals surface area contributed by atoms with Gasteiger partial charge in [0, 0.05) is 18.8 Å². The summed E-state index contributed by atoms with van der Waals surface area (Å²) in [5.41, 5.74) is 6.49. The van der Waals surface area contributed by atoms with Gasteiger partial charge in [-0.3, -0.25) is 13.9 Å². The van der Waals surface area contributed by atoms with Gasteiger partial charge < -0.3 is 16.2 Å². The van der Waals surface area contributed by atoms with Crippen LogP contribution in [-0.4, -0.2) is 35.7 Å². The molecule has 4 aliphatic carbocycles. The lowest BCUT2D eigenvalue weighted by molar-refractivity contribution is -0.146. The normalized spacial score (nSPS) is 29.6. The van der Waals surface area contributed by atoms with Gasteiger partial charge in [-0.15, -0.1) is 0 Å². The van der Waals surface area contributed by atoms with Gasteiger partial charge in [-0.05, 0) is 74.5 Å². The van der Waals surface area contributed by atoms with E-state index in [-0.39, 0.29) is 35.1 Å². The van der Waals surface area contributed by atoms with Crippen LogP contribution in [0.2, 0.25) is 0 Å². The quantitative estimate of drug-likeness (QED) is 0.542. The Morgan fingerprint density at radius 2 is 1.97 bits per heavy atom. The molecule has 2 unspecified atom stereocenters. The van der Waals surface area contributed by atoms with Gasteiger partial charge in [0.15, 0.2) is 5.65 Å². The first-order valence-electron chi connectivity index (χ1n) is 11.7. The van der Waals surface area contributed by atoms with E-state index in [1.54, 1.807) is 29.3 Å². The molecule has 1 amide bonds. The second-order valence-electron chi connectivity index (χ2n) is 10.4. The summed E-state index contributed by atoms with van der Waals surface area (Å²) in [6, 6.07) is 2.57. The molecule has 2 heterocycles. The maximum absolute atomic E-state index is 14.3. The van der Waals surface area contributed by atoms with E-state index in [0.29, 0.717) is 41.2 Å². The molecular formula is C24H27FN6O3. The Hall–Kier alpha value is -3.27. The lowest BCUT2D eigenvalue weighted by Gasteiger charge is -2.58. The van der Waals surface area contributed by atoms with E-state index in [0.717, 1.165) is 19.3 Å². The van der Waals surface area contributed by atoms with Crippen molar-refractivity contribution in [2.24, 2.45) is 30.5 Å². The second-order valence-corrected chi connectivity index (χ2v) is 10.4. The van der Waals surface area contributed by atoms with Crippen molar-refractivity contribution in [3.8, 4) is 0 Å². The number of carbonyl (C=O) groups excluding carboxylic acids is 1. The number of rotatable bonds is 4. The highest BCUT2D eigenvalue weighted by molar-refractivity contribution is 5.94. The lowest BCUT2D eigenvalue weighted by Crippen LogP contribution is -2.56. The third-order valence-electron chi connectivity index (χ3n) is 8.15. The van der Waals surface area contributed by atoms with E-state index in [9.17, 15) is 19.1 Å². The number of imidazole rings is 1. The molecule has 2 atom stereocenters. The number of benzene rings is 1. The Balaban J connectivity index is 1.41. The van der Waals surface area contributed by atoms with Gasteiger partial charge in [0.2, 0.25) is 5.95 Å². The SMILES string of the molecule is Cc1cc(C(N)=O)c(F)cc1Nc1ncc2c(n1)n(C1C3CC4CC1CC(O)(C4)C3)c(=O)n2C. The predicted molar refractivity (Wildman–Crippen MR) is 123 cm³/mol. The van der Waals surface area contributed by atoms with Crippen LogP contribution in [0.15, 0.2) is 23.1 Å². The summed E-state index contributed by atoms with van der Waals surface area (Å²) in [7, 11) is 1.71. The number of aromatic nitrogens is 4. The molecule has 34 heavy (non-hydrogen) atoms. The number of carbonyl (C=O) groups is 1. The molecule has 0 aliphatic heterocycles. The number of nitrogens with two attached hydrogens (primary N) is 1. The fraction of sp³-hybridized carbons (Fsp3) is 0.500. The minimum absolute atomic E-state index is 0.00944. The van der Waals surface area contributed by atoms with Crippen molar-refractivity contribution in [3.63, 3.8) is 0 Å². The minimum Gasteiger partial charge on any atom is -0.390 e. The first-order chi connectivity index (χ1) is 16.1. The smallest absolute Gasteiger partial charge is 0.330 e. The molecule has 4 fully saturated rings. The largest absolute Gasteiger partial charge is 0.390 e. The van der Waals surface area contributed by atoms with E-state index in [1.165, 1.54) is 12.1 Å². The summed E-state index contributed by atoms with van der Waals surface area (Å²) < 4.78 is 17.7. The van der Waals surface area contributed by atoms with Crippen LogP contribution in [0, 0.1) is 30.5 Å². The van der Waals surface area contributed by atoms with Crippen molar-refractivity contribution >= 4 is 28.7 Å². The Labute approximate surface area is 194 Å². The summed E-state index contributed by atoms with van der Waals surface area (Å²) in [5.74, 6) is -0.336. The van der Waals surface area contributed by atoms with E-state index in [1.807, 2.05) is 0 Å². The summed E-state index contributed by atoms with van der Waals surface area (Å²) in [5, 5.41) is 14.0. The molecule has 10 heteroatoms. The van der Waals surface area contributed by atoms with Gasteiger partial charge >= 0.3 is 5.69 Å². The summed E-state index contributed by atoms with van der Waals surface area (Å²) >= 11 is 0. The monoisotopic (exact) mass is 466 g/mol. The van der Waals surface area contributed by atoms with E-state index in [2.05, 4.69) is 15.3 Å². The Kier molecular flexibility index (Phi) is 4.45. The first-order valence-corrected chi connectivity index (χ1v) is 11.7. The highest BCUT2D eigenvalue weighted by Crippen LogP contribution is 2.59. The summed E-state index contributed by atoms with van der Waals surface area (Å²) in [6.07, 6.45) is 5.94. The van der Waals surface area contributed by atoms with E-state index in [4.69, 9.17) is 5.73 Å². The Morgan fingerprint density at radius 3 is 2.62 bits per heavy atom. The zero-order valence-electron chi connectivity index (χ0n) is 19.1. The van der Waals surface area contributed by atoms with Crippen LogP contribution in [0.25, 0.3) is 11.2 Å². The molecule has 0 radical (unpaired) electrons. The molecule has 3 aromatic rings. The molecular weight excluding hydrogens is 439 g/mol. The van der Waals surface area contributed by atoms with E-state index >= 15 is 0 Å². The lowest BCUT2D eigenvalue weighted by atomic mass is 9.52. The highest BCUT2D eigenvalue weighted by Gasteiger charge is 2.56. The van der Waals surface area contributed by atoms with Crippen LogP contribution in [0.5, 0.6) is 0 Å². The number of nitrogens with one attached hydrogen (secondary N) is 1. The van der Waals surface area contributed by atoms with E-state index < -0.39 is 17.3 Å². The van der Waals surface area contributed by atoms with Gasteiger partial charge in [0.05, 0.1) is 17.4 Å². The first kappa shape index (κ1) is 21.3. The average molecular weight is 467 g/mol. The predicted octanol–water partition coefficient (Wildman–Crippen LogP) is 2.53. The van der Waals surface area contributed by atoms with Crippen molar-refractivity contribution in [2.45, 2.75) is 50.7 Å². The molecule has 4 aliphatic rings. The van der Waals surface area contributed by atoms with Crippen LogP contribution in [0.4, 0.5) is 16.0 Å². The number of amides is 1. The molecule has 2 aromatic heterocycles. The molecule has 9 nitrogen and oxygen atoms in total. The maximum atomic E-state index is 14.3. The van der Waals surface area contributed by atoms with Gasteiger partial charge in [-0.2, -0.15) is 4.98 Å². The fourth-order valence-electron chi connectivity index (χ4n) is 6.97. The van der Waals surface area contributed by atoms with Crippen molar-refractivity contribution in [2.75, 3.05) is 5.32 Å². The minimum atomic E-state index is -0.835. The third kappa shape index (κ3) is 3.08. The van der Waals surface area contributed by atoms with Crippen molar-refractivity contribution < 1.29 is 14.3 Å². The molecule has 4 saturated carbocycles. The summed E-state index contributed by atoms with van der Waals surface area (Å²) in [4.78, 5) is 33.8. The number of hydrogen-bond acceptors (Lipinski definition) is 6. The molecule has 4 bridgehead atoms. The number of aliphatic hydroxyl groups is 1. The number of aryl methyl sites for hydroxylation is 2. The number of hydrogen-bond donors (Lipinski definition) is 3. The van der Waals surface area contributed by atoms with Crippen LogP contribution < -0.4 is 16.7 Å². The number of nitrogens with zero attached hydrogens (tertiary/aromatic N) is 4. The van der Waals surface area contributed by atoms with Gasteiger partial charge in [0.25, 0.3) is 5.91 Å². The summed E-state index contributed by atoms with van der Waals surface area (Å²) in [6.45, 7) is 1.73. The van der Waals surface area contributed by atoms with Crippen molar-refractivity contribution in [3.05, 3.63) is 45.8 Å². The Morgan fingerprint density at radius 1 is 1.26 bits per heavy atom. The van der Waals surface area contributed by atoms with Crippen LogP contribution in [0.3, 0.4) is 0 Å². The van der Waals surface area contributed by atoms with Crippen LogP contribution in [-0.2, 0) is 7.05 Å². The number of anilines is 2. The maximum Gasteiger partial charge on any atom is 0.330 e. The topological polar surface area (TPSA) is 128 Å². The molecule has 7 rings (SSSR count). The molecule has 1 aromatic carbocycles. The molecule has 4 N–H and O–H groups in total. The van der Waals surface area contributed by atoms with Gasteiger partial charge in [-0.25, -0.2) is 14.2 Å². The number of fused-ring (bicyclic) bond motifs is 1. The molecule has 0 spiro atoms. The standard InChI is InChI=1S/C24H27FN6O3/c1-11-3-15(20(26)32)16(25)6-17(11)28-22-27-10-18-21(29-22)31(23(33)30(18)2)19-13-4-12-5-14(19)9-24(34,7-12)8-13/h3,6,10,12-14,19,34H,4-5,7-9H2,1-2H3,(H2,26,32)(H,27,28,29). The average Bonchev–Trinajstić information content (AvgIpc) is 2.99. The number of primary amides is 1. The molecule has 0 saturated heterocycles. The fourth-order valence-corrected chi connectivity index (χ4v) is 6.97. The van der Waals surface area contributed by atoms with Gasteiger partial charge in [-0.1, -0.05) is 0 Å². The Bertz CT molecular complexity index is 1400. The second kappa shape index (κ2) is 7.11. The zero-order valence-corrected chi connectivity index (χ0v) is 19.1. The van der Waals surface area contributed by atoms with Crippen molar-refractivity contribution in [1.29, 1.82) is 0 Å². The zero-order chi connectivity index (χ0) is 23.9. The number of halogens is 1. The highest BCUT2D eigenvalue weighted by atomic mass is 19.1. The van der Waals surface area contributed by atoms with Crippen LogP contribution >= 0.6 is 0 Å². The van der Waals surface area contributed by atoms with Crippen LogP contribution in [0.1, 0.15) is 54.1 Å². The van der Waals surface area contributed by atoms with Gasteiger partial charge in [0.1, 0.15) is 11.3 Å². The molecule has 178 valence electrons.